The Hall–Kier alpha value is -2.63. The zero-order chi connectivity index (χ0) is 21.3. The molecule has 0 saturated carbocycles. The summed E-state index contributed by atoms with van der Waals surface area (Å²) in [5.41, 5.74) is 2.12. The Morgan fingerprint density at radius 2 is 1.57 bits per heavy atom. The number of hydrogen-bond acceptors (Lipinski definition) is 8. The molecule has 4 heterocycles. The van der Waals surface area contributed by atoms with Crippen LogP contribution in [-0.4, -0.2) is 79.3 Å². The van der Waals surface area contributed by atoms with Gasteiger partial charge in [-0.15, -0.1) is 0 Å². The van der Waals surface area contributed by atoms with E-state index in [-0.39, 0.29) is 0 Å². The second-order valence-corrected chi connectivity index (χ2v) is 8.30. The van der Waals surface area contributed by atoms with E-state index in [1.54, 1.807) is 0 Å². The minimum absolute atomic E-state index is 0.562. The predicted octanol–water partition coefficient (Wildman–Crippen LogP) is 2.09. The summed E-state index contributed by atoms with van der Waals surface area (Å²) < 4.78 is 0. The van der Waals surface area contributed by atoms with E-state index >= 15 is 0 Å². The summed E-state index contributed by atoms with van der Waals surface area (Å²) >= 11 is 6.30. The highest BCUT2D eigenvalue weighted by molar-refractivity contribution is 6.32. The molecule has 30 heavy (non-hydrogen) atoms. The first-order valence-corrected chi connectivity index (χ1v) is 10.7. The van der Waals surface area contributed by atoms with Crippen LogP contribution >= 0.6 is 11.6 Å². The maximum atomic E-state index is 9.63. The minimum Gasteiger partial charge on any atom is -0.354 e. The molecule has 0 N–H and O–H groups in total. The molecule has 0 aromatic carbocycles. The SMILES string of the molecule is Cc1nc(N2CCN(c3nccc(N4CCN(C)CC4)n3)CC2)c(C#N)c(C)c1Cl. The number of aromatic nitrogens is 3. The first-order valence-electron chi connectivity index (χ1n) is 10.3. The third kappa shape index (κ3) is 4.00. The molecule has 8 nitrogen and oxygen atoms in total. The van der Waals surface area contributed by atoms with Crippen LogP contribution in [0.5, 0.6) is 0 Å². The molecule has 0 unspecified atom stereocenters. The number of likely N-dealkylation sites (N-methyl/N-ethyl adjacent to an activating group) is 1. The number of aryl methyl sites for hydroxylation is 1. The van der Waals surface area contributed by atoms with Crippen LogP contribution in [0.2, 0.25) is 5.02 Å². The van der Waals surface area contributed by atoms with E-state index < -0.39 is 0 Å². The van der Waals surface area contributed by atoms with Gasteiger partial charge < -0.3 is 19.6 Å². The van der Waals surface area contributed by atoms with Crippen molar-refractivity contribution in [3.63, 3.8) is 0 Å². The molecule has 2 aromatic heterocycles. The van der Waals surface area contributed by atoms with E-state index in [0.717, 1.165) is 81.2 Å². The minimum atomic E-state index is 0.562. The standard InChI is InChI=1S/C21H27ClN8/c1-15-17(14-23)20(25-16(2)19(15)22)29-10-12-30(13-11-29)21-24-5-4-18(26-21)28-8-6-27(3)7-9-28/h4-5H,6-13H2,1-3H3. The molecule has 2 aliphatic rings. The Balaban J connectivity index is 1.47. The smallest absolute Gasteiger partial charge is 0.227 e. The lowest BCUT2D eigenvalue weighted by molar-refractivity contribution is 0.312. The molecule has 0 spiro atoms. The number of nitrogens with zero attached hydrogens (tertiary/aromatic N) is 8. The molecule has 4 rings (SSSR count). The summed E-state index contributed by atoms with van der Waals surface area (Å²) in [7, 11) is 2.15. The molecule has 0 radical (unpaired) electrons. The van der Waals surface area contributed by atoms with Crippen molar-refractivity contribution in [1.29, 1.82) is 5.26 Å². The van der Waals surface area contributed by atoms with Crippen LogP contribution in [-0.2, 0) is 0 Å². The lowest BCUT2D eigenvalue weighted by Gasteiger charge is -2.37. The first kappa shape index (κ1) is 20.6. The Labute approximate surface area is 182 Å². The van der Waals surface area contributed by atoms with Gasteiger partial charge in [0.1, 0.15) is 17.7 Å². The lowest BCUT2D eigenvalue weighted by atomic mass is 10.1. The third-order valence-corrected chi connectivity index (χ3v) is 6.51. The Bertz CT molecular complexity index is 956. The van der Waals surface area contributed by atoms with Crippen molar-refractivity contribution >= 4 is 29.2 Å². The quantitative estimate of drug-likeness (QED) is 0.738. The molecule has 2 aliphatic heterocycles. The number of piperazine rings is 2. The van der Waals surface area contributed by atoms with Crippen LogP contribution < -0.4 is 14.7 Å². The fourth-order valence-electron chi connectivity index (χ4n) is 4.00. The van der Waals surface area contributed by atoms with Gasteiger partial charge in [0, 0.05) is 58.6 Å². The largest absolute Gasteiger partial charge is 0.354 e. The van der Waals surface area contributed by atoms with Gasteiger partial charge in [-0.1, -0.05) is 11.6 Å². The average Bonchev–Trinajstić information content (AvgIpc) is 2.78. The molecule has 0 bridgehead atoms. The van der Waals surface area contributed by atoms with Crippen molar-refractivity contribution in [1.82, 2.24) is 19.9 Å². The average molecular weight is 427 g/mol. The number of nitriles is 1. The summed E-state index contributed by atoms with van der Waals surface area (Å²) in [5, 5.41) is 10.2. The number of anilines is 3. The predicted molar refractivity (Wildman–Crippen MR) is 120 cm³/mol. The van der Waals surface area contributed by atoms with Crippen LogP contribution in [0, 0.1) is 25.2 Å². The zero-order valence-electron chi connectivity index (χ0n) is 17.8. The zero-order valence-corrected chi connectivity index (χ0v) is 18.5. The Kier molecular flexibility index (Phi) is 5.93. The van der Waals surface area contributed by atoms with Crippen molar-refractivity contribution in [3.8, 4) is 6.07 Å². The molecule has 2 saturated heterocycles. The molecule has 0 amide bonds. The van der Waals surface area contributed by atoms with Crippen LogP contribution in [0.4, 0.5) is 17.6 Å². The van der Waals surface area contributed by atoms with Crippen LogP contribution in [0.3, 0.4) is 0 Å². The van der Waals surface area contributed by atoms with Gasteiger partial charge in [0.15, 0.2) is 0 Å². The first-order chi connectivity index (χ1) is 14.5. The summed E-state index contributed by atoms with van der Waals surface area (Å²) in [6.07, 6.45) is 1.85. The van der Waals surface area contributed by atoms with E-state index in [1.807, 2.05) is 26.1 Å². The second-order valence-electron chi connectivity index (χ2n) is 7.93. The van der Waals surface area contributed by atoms with Gasteiger partial charge in [-0.05, 0) is 32.5 Å². The van der Waals surface area contributed by atoms with Crippen LogP contribution in [0.1, 0.15) is 16.8 Å². The second kappa shape index (κ2) is 8.62. The summed E-state index contributed by atoms with van der Waals surface area (Å²) in [6.45, 7) is 10.9. The number of rotatable bonds is 3. The molecule has 0 aliphatic carbocycles. The van der Waals surface area contributed by atoms with E-state index in [4.69, 9.17) is 16.6 Å². The molecule has 2 fully saturated rings. The van der Waals surface area contributed by atoms with E-state index in [1.165, 1.54) is 0 Å². The maximum absolute atomic E-state index is 9.63. The number of halogens is 1. The van der Waals surface area contributed by atoms with Crippen molar-refractivity contribution < 1.29 is 0 Å². The molecular formula is C21H27ClN8. The fourth-order valence-corrected chi connectivity index (χ4v) is 4.13. The van der Waals surface area contributed by atoms with Gasteiger partial charge in [0.25, 0.3) is 0 Å². The highest BCUT2D eigenvalue weighted by Crippen LogP contribution is 2.30. The van der Waals surface area contributed by atoms with Crippen molar-refractivity contribution in [3.05, 3.63) is 34.1 Å². The fraction of sp³-hybridized carbons (Fsp3) is 0.524. The van der Waals surface area contributed by atoms with E-state index in [2.05, 4.69) is 42.7 Å². The van der Waals surface area contributed by atoms with Gasteiger partial charge in [-0.25, -0.2) is 9.97 Å². The summed E-state index contributed by atoms with van der Waals surface area (Å²) in [4.78, 5) is 23.0. The Morgan fingerprint density at radius 3 is 2.23 bits per heavy atom. The van der Waals surface area contributed by atoms with Gasteiger partial charge in [-0.2, -0.15) is 10.2 Å². The number of pyridine rings is 1. The van der Waals surface area contributed by atoms with Crippen molar-refractivity contribution in [2.75, 3.05) is 74.1 Å². The lowest BCUT2D eigenvalue weighted by Crippen LogP contribution is -2.48. The molecular weight excluding hydrogens is 400 g/mol. The van der Waals surface area contributed by atoms with Gasteiger partial charge >= 0.3 is 0 Å². The molecule has 158 valence electrons. The summed E-state index contributed by atoms with van der Waals surface area (Å²) in [5.74, 6) is 2.49. The highest BCUT2D eigenvalue weighted by Gasteiger charge is 2.25. The van der Waals surface area contributed by atoms with Crippen LogP contribution in [0.25, 0.3) is 0 Å². The maximum Gasteiger partial charge on any atom is 0.227 e. The van der Waals surface area contributed by atoms with Gasteiger partial charge in [0.05, 0.1) is 16.3 Å². The van der Waals surface area contributed by atoms with Crippen LogP contribution in [0.15, 0.2) is 12.3 Å². The topological polar surface area (TPSA) is 75.4 Å². The monoisotopic (exact) mass is 426 g/mol. The van der Waals surface area contributed by atoms with E-state index in [9.17, 15) is 5.26 Å². The Morgan fingerprint density at radius 1 is 0.933 bits per heavy atom. The number of hydrogen-bond donors (Lipinski definition) is 0. The molecule has 0 atom stereocenters. The molecule has 2 aromatic rings. The van der Waals surface area contributed by atoms with Crippen molar-refractivity contribution in [2.45, 2.75) is 13.8 Å². The van der Waals surface area contributed by atoms with Gasteiger partial charge in [-0.3, -0.25) is 0 Å². The highest BCUT2D eigenvalue weighted by atomic mass is 35.5. The normalized spacial score (nSPS) is 17.9. The molecule has 9 heteroatoms. The third-order valence-electron chi connectivity index (χ3n) is 5.95. The van der Waals surface area contributed by atoms with Crippen molar-refractivity contribution in [2.24, 2.45) is 0 Å². The van der Waals surface area contributed by atoms with Gasteiger partial charge in [0.2, 0.25) is 5.95 Å². The summed E-state index contributed by atoms with van der Waals surface area (Å²) in [6, 6.07) is 4.28. The van der Waals surface area contributed by atoms with E-state index in [0.29, 0.717) is 10.6 Å².